The van der Waals surface area contributed by atoms with Gasteiger partial charge in [0.15, 0.2) is 0 Å². The second kappa shape index (κ2) is 9.81. The molecule has 0 unspecified atom stereocenters. The molecule has 0 fully saturated rings. The molecule has 0 saturated carbocycles. The summed E-state index contributed by atoms with van der Waals surface area (Å²) in [6, 6.07) is 68.5. The molecule has 0 nitrogen and oxygen atoms in total. The van der Waals surface area contributed by atoms with Crippen molar-refractivity contribution in [2.75, 3.05) is 0 Å². The molecule has 0 aromatic heterocycles. The molecule has 10 aromatic rings. The van der Waals surface area contributed by atoms with Crippen LogP contribution in [-0.2, 0) is 5.41 Å². The lowest BCUT2D eigenvalue weighted by atomic mass is 9.69. The highest BCUT2D eigenvalue weighted by Crippen LogP contribution is 2.65. The van der Waals surface area contributed by atoms with Crippen molar-refractivity contribution < 1.29 is 0 Å². The zero-order valence-electron chi connectivity index (χ0n) is 27.8. The minimum absolute atomic E-state index is 0.397. The van der Waals surface area contributed by atoms with E-state index in [-0.39, 0.29) is 0 Å². The van der Waals surface area contributed by atoms with Gasteiger partial charge in [-0.25, -0.2) is 0 Å². The lowest BCUT2D eigenvalue weighted by molar-refractivity contribution is 0.802. The standard InChI is InChI=1S/C51H30/c1-2-12-35-31(11-1)24-28-48-49(35)44-27-23-34-29-32(33-22-26-41-39-15-4-3-13-37(39)38-14-5-6-16-40(38)45(41)30-33)21-25-36(34)50(44)51(48)46-19-9-7-17-42(46)43-18-8-10-20-47(43)51/h1-30H. The first-order valence-electron chi connectivity index (χ1n) is 17.9. The summed E-state index contributed by atoms with van der Waals surface area (Å²) < 4.78 is 0. The molecule has 0 aliphatic heterocycles. The fourth-order valence-electron chi connectivity index (χ4n) is 10.0. The molecule has 0 amide bonds. The Balaban J connectivity index is 1.15. The Morgan fingerprint density at radius 1 is 0.275 bits per heavy atom. The average Bonchev–Trinajstić information content (AvgIpc) is 3.68. The van der Waals surface area contributed by atoms with Crippen molar-refractivity contribution >= 4 is 53.9 Å². The fraction of sp³-hybridized carbons (Fsp3) is 0.0196. The second-order valence-corrected chi connectivity index (χ2v) is 14.3. The van der Waals surface area contributed by atoms with Crippen LogP contribution >= 0.6 is 0 Å². The highest BCUT2D eigenvalue weighted by Gasteiger charge is 2.52. The second-order valence-electron chi connectivity index (χ2n) is 14.3. The molecule has 0 bridgehead atoms. The van der Waals surface area contributed by atoms with E-state index in [9.17, 15) is 0 Å². The molecule has 0 heterocycles. The number of hydrogen-bond acceptors (Lipinski definition) is 0. The van der Waals surface area contributed by atoms with Crippen LogP contribution in [0.15, 0.2) is 182 Å². The third kappa shape index (κ3) is 3.40. The first kappa shape index (κ1) is 27.3. The lowest BCUT2D eigenvalue weighted by Crippen LogP contribution is -2.26. The maximum atomic E-state index is 2.42. The van der Waals surface area contributed by atoms with Crippen molar-refractivity contribution in [2.45, 2.75) is 5.41 Å². The summed E-state index contributed by atoms with van der Waals surface area (Å²) in [4.78, 5) is 0. The van der Waals surface area contributed by atoms with E-state index in [0.29, 0.717) is 0 Å². The van der Waals surface area contributed by atoms with E-state index in [1.54, 1.807) is 0 Å². The summed E-state index contributed by atoms with van der Waals surface area (Å²) in [7, 11) is 0. The Labute approximate surface area is 295 Å². The largest absolute Gasteiger partial charge is 0.0731 e. The molecule has 0 radical (unpaired) electrons. The van der Waals surface area contributed by atoms with Gasteiger partial charge < -0.3 is 0 Å². The molecule has 0 N–H and O–H groups in total. The van der Waals surface area contributed by atoms with E-state index in [4.69, 9.17) is 0 Å². The summed E-state index contributed by atoms with van der Waals surface area (Å²) in [5.41, 5.74) is 13.0. The monoisotopic (exact) mass is 642 g/mol. The average molecular weight is 643 g/mol. The molecule has 0 heteroatoms. The summed E-state index contributed by atoms with van der Waals surface area (Å²) in [5, 5.41) is 13.0. The highest BCUT2D eigenvalue weighted by atomic mass is 14.5. The number of rotatable bonds is 1. The van der Waals surface area contributed by atoms with Gasteiger partial charge >= 0.3 is 0 Å². The summed E-state index contributed by atoms with van der Waals surface area (Å²) >= 11 is 0. The molecule has 10 aromatic carbocycles. The van der Waals surface area contributed by atoms with Crippen molar-refractivity contribution in [2.24, 2.45) is 0 Å². The van der Waals surface area contributed by atoms with Gasteiger partial charge in [-0.2, -0.15) is 0 Å². The first-order valence-corrected chi connectivity index (χ1v) is 17.9. The molecule has 2 aliphatic rings. The van der Waals surface area contributed by atoms with Crippen LogP contribution in [0.5, 0.6) is 0 Å². The summed E-state index contributed by atoms with van der Waals surface area (Å²) in [6.07, 6.45) is 0. The molecule has 0 saturated heterocycles. The van der Waals surface area contributed by atoms with Gasteiger partial charge in [0.25, 0.3) is 0 Å². The predicted octanol–water partition coefficient (Wildman–Crippen LogP) is 13.5. The van der Waals surface area contributed by atoms with Crippen LogP contribution in [0, 0.1) is 0 Å². The van der Waals surface area contributed by atoms with E-state index in [1.165, 1.54) is 109 Å². The van der Waals surface area contributed by atoms with E-state index >= 15 is 0 Å². The van der Waals surface area contributed by atoms with Crippen molar-refractivity contribution in [1.29, 1.82) is 0 Å². The summed E-state index contributed by atoms with van der Waals surface area (Å²) in [5.74, 6) is 0. The van der Waals surface area contributed by atoms with Gasteiger partial charge in [0, 0.05) is 0 Å². The maximum absolute atomic E-state index is 2.42. The van der Waals surface area contributed by atoms with E-state index in [0.717, 1.165) is 0 Å². The van der Waals surface area contributed by atoms with E-state index < -0.39 is 5.41 Å². The Kier molecular flexibility index (Phi) is 5.26. The zero-order valence-corrected chi connectivity index (χ0v) is 27.8. The van der Waals surface area contributed by atoms with Gasteiger partial charge in [-0.3, -0.25) is 0 Å². The Morgan fingerprint density at radius 3 is 1.47 bits per heavy atom. The first-order chi connectivity index (χ1) is 25.3. The van der Waals surface area contributed by atoms with Crippen molar-refractivity contribution in [3.8, 4) is 33.4 Å². The zero-order chi connectivity index (χ0) is 33.3. The van der Waals surface area contributed by atoms with E-state index in [2.05, 4.69) is 182 Å². The van der Waals surface area contributed by atoms with Gasteiger partial charge in [0.2, 0.25) is 0 Å². The van der Waals surface area contributed by atoms with Crippen LogP contribution in [-0.4, -0.2) is 0 Å². The number of benzene rings is 10. The maximum Gasteiger partial charge on any atom is 0.0731 e. The molecule has 234 valence electrons. The minimum Gasteiger partial charge on any atom is -0.0619 e. The molecule has 51 heavy (non-hydrogen) atoms. The Hall–Kier alpha value is -6.50. The highest BCUT2D eigenvalue weighted by molar-refractivity contribution is 6.25. The van der Waals surface area contributed by atoms with Gasteiger partial charge in [-0.1, -0.05) is 170 Å². The molecular formula is C51H30. The Bertz CT molecular complexity index is 3060. The smallest absolute Gasteiger partial charge is 0.0619 e. The minimum atomic E-state index is -0.397. The van der Waals surface area contributed by atoms with Crippen LogP contribution in [0.25, 0.3) is 87.2 Å². The van der Waals surface area contributed by atoms with Crippen molar-refractivity contribution in [1.82, 2.24) is 0 Å². The molecule has 0 atom stereocenters. The quantitative estimate of drug-likeness (QED) is 0.156. The van der Waals surface area contributed by atoms with E-state index in [1.807, 2.05) is 0 Å². The van der Waals surface area contributed by atoms with Crippen LogP contribution < -0.4 is 0 Å². The Morgan fingerprint density at radius 2 is 0.784 bits per heavy atom. The van der Waals surface area contributed by atoms with Crippen molar-refractivity contribution in [3.63, 3.8) is 0 Å². The molecule has 2 aliphatic carbocycles. The van der Waals surface area contributed by atoms with Gasteiger partial charge in [0.1, 0.15) is 0 Å². The predicted molar refractivity (Wildman–Crippen MR) is 216 cm³/mol. The summed E-state index contributed by atoms with van der Waals surface area (Å²) in [6.45, 7) is 0. The van der Waals surface area contributed by atoms with Gasteiger partial charge in [-0.15, -0.1) is 0 Å². The fourth-order valence-corrected chi connectivity index (χ4v) is 10.0. The van der Waals surface area contributed by atoms with Gasteiger partial charge in [0.05, 0.1) is 5.41 Å². The molecule has 1 spiro atoms. The normalized spacial score (nSPS) is 13.6. The molecule has 12 rings (SSSR count). The van der Waals surface area contributed by atoms with Crippen LogP contribution in [0.3, 0.4) is 0 Å². The topological polar surface area (TPSA) is 0 Å². The van der Waals surface area contributed by atoms with Crippen LogP contribution in [0.2, 0.25) is 0 Å². The van der Waals surface area contributed by atoms with Crippen molar-refractivity contribution in [3.05, 3.63) is 204 Å². The van der Waals surface area contributed by atoms with Crippen LogP contribution in [0.1, 0.15) is 22.3 Å². The molecular weight excluding hydrogens is 613 g/mol. The van der Waals surface area contributed by atoms with Crippen LogP contribution in [0.4, 0.5) is 0 Å². The SMILES string of the molecule is c1ccc2c(c1)-c1ccccc1C21c2ccc3ccccc3c2-c2ccc3cc(-c4ccc5c6ccccc6c6ccccc6c5c4)ccc3c21. The van der Waals surface area contributed by atoms with Gasteiger partial charge in [-0.05, 0) is 122 Å². The number of hydrogen-bond donors (Lipinski definition) is 0. The third-order valence-corrected chi connectivity index (χ3v) is 12.0. The third-order valence-electron chi connectivity index (χ3n) is 12.0. The number of fused-ring (bicyclic) bond motifs is 20. The lowest BCUT2D eigenvalue weighted by Gasteiger charge is -2.31.